The molecular weight excluding hydrogens is 201 g/mol. The van der Waals surface area contributed by atoms with E-state index in [9.17, 15) is 13.6 Å². The number of rotatable bonds is 1. The fraction of sp³-hybridized carbons (Fsp3) is 0.857. The molecule has 1 aliphatic rings. The molecule has 1 amide bonds. The fourth-order valence-electron chi connectivity index (χ4n) is 1.38. The van der Waals surface area contributed by atoms with Crippen LogP contribution in [0.1, 0.15) is 19.8 Å². The Balaban J connectivity index is 0.00000144. The smallest absolute Gasteiger partial charge is 0.772 e. The quantitative estimate of drug-likeness (QED) is 0.342. The summed E-state index contributed by atoms with van der Waals surface area (Å²) in [5.74, 6) is -0.0369. The Hall–Kier alpha value is 0.580. The summed E-state index contributed by atoms with van der Waals surface area (Å²) in [5.41, 5.74) is 0. The van der Waals surface area contributed by atoms with Crippen molar-refractivity contribution in [1.29, 1.82) is 0 Å². The van der Waals surface area contributed by atoms with E-state index in [1.807, 2.05) is 0 Å². The molecular formula is C7H12NNaO3S. The summed E-state index contributed by atoms with van der Waals surface area (Å²) in [6.45, 7) is 2.53. The Kier molecular flexibility index (Phi) is 6.41. The van der Waals surface area contributed by atoms with Crippen LogP contribution in [0.15, 0.2) is 0 Å². The van der Waals surface area contributed by atoms with E-state index in [4.69, 9.17) is 0 Å². The monoisotopic (exact) mass is 213 g/mol. The molecule has 1 heterocycles. The van der Waals surface area contributed by atoms with Gasteiger partial charge in [0.15, 0.2) is 0 Å². The van der Waals surface area contributed by atoms with Gasteiger partial charge in [0, 0.05) is 25.3 Å². The van der Waals surface area contributed by atoms with E-state index in [0.29, 0.717) is 19.5 Å². The minimum Gasteiger partial charge on any atom is -0.772 e. The largest absolute Gasteiger partial charge is 1.00 e. The van der Waals surface area contributed by atoms with Gasteiger partial charge < -0.3 is 9.45 Å². The average Bonchev–Trinajstić information content (AvgIpc) is 2.04. The maximum absolute atomic E-state index is 10.9. The molecule has 0 aromatic heterocycles. The van der Waals surface area contributed by atoms with Crippen molar-refractivity contribution in [3.63, 3.8) is 0 Å². The molecule has 70 valence electrons. The second-order valence-corrected chi connectivity index (χ2v) is 4.18. The number of carbonyl (C=O) groups is 1. The first-order chi connectivity index (χ1) is 5.61. The minimum atomic E-state index is -2.03. The van der Waals surface area contributed by atoms with Crippen molar-refractivity contribution in [3.8, 4) is 0 Å². The molecule has 1 rings (SSSR count). The van der Waals surface area contributed by atoms with Crippen LogP contribution >= 0.6 is 0 Å². The number of hydrogen-bond acceptors (Lipinski definition) is 3. The standard InChI is InChI=1S/C7H13NO3S.Na/c1-6(9)8-4-2-3-7(5-8)12(10)11;/h7H,2-5H2,1H3,(H,10,11);/q;+1/p-1. The van der Waals surface area contributed by atoms with Gasteiger partial charge in [0.1, 0.15) is 0 Å². The van der Waals surface area contributed by atoms with E-state index in [1.54, 1.807) is 4.90 Å². The minimum absolute atomic E-state index is 0. The third-order valence-corrected chi connectivity index (χ3v) is 3.02. The van der Waals surface area contributed by atoms with E-state index < -0.39 is 11.1 Å². The van der Waals surface area contributed by atoms with E-state index in [2.05, 4.69) is 0 Å². The Morgan fingerprint density at radius 3 is 2.69 bits per heavy atom. The van der Waals surface area contributed by atoms with Gasteiger partial charge in [-0.2, -0.15) is 0 Å². The molecule has 1 fully saturated rings. The number of piperidine rings is 1. The van der Waals surface area contributed by atoms with Crippen LogP contribution in [0.3, 0.4) is 0 Å². The molecule has 4 nitrogen and oxygen atoms in total. The van der Waals surface area contributed by atoms with Gasteiger partial charge in [-0.25, -0.2) is 0 Å². The van der Waals surface area contributed by atoms with Crippen LogP contribution in [0.4, 0.5) is 0 Å². The molecule has 2 atom stereocenters. The van der Waals surface area contributed by atoms with Gasteiger partial charge in [-0.05, 0) is 12.8 Å². The molecule has 0 bridgehead atoms. The third kappa shape index (κ3) is 4.08. The van der Waals surface area contributed by atoms with Gasteiger partial charge in [-0.15, -0.1) is 0 Å². The predicted octanol–water partition coefficient (Wildman–Crippen LogP) is -3.12. The summed E-state index contributed by atoms with van der Waals surface area (Å²) in [7, 11) is 0. The summed E-state index contributed by atoms with van der Waals surface area (Å²) in [4.78, 5) is 12.5. The second-order valence-electron chi connectivity index (χ2n) is 2.99. The van der Waals surface area contributed by atoms with Crippen LogP contribution in [0.5, 0.6) is 0 Å². The van der Waals surface area contributed by atoms with E-state index in [1.165, 1.54) is 6.92 Å². The number of carbonyl (C=O) groups excluding carboxylic acids is 1. The van der Waals surface area contributed by atoms with Gasteiger partial charge in [0.2, 0.25) is 5.91 Å². The average molecular weight is 213 g/mol. The SMILES string of the molecule is CC(=O)N1CCCC(S(=O)[O-])C1.[Na+]. The maximum atomic E-state index is 10.9. The molecule has 0 saturated carbocycles. The fourth-order valence-corrected chi connectivity index (χ4v) is 2.04. The Morgan fingerprint density at radius 1 is 1.62 bits per heavy atom. The zero-order chi connectivity index (χ0) is 9.14. The Bertz CT molecular complexity index is 192. The van der Waals surface area contributed by atoms with Crippen LogP contribution < -0.4 is 29.6 Å². The van der Waals surface area contributed by atoms with Crippen molar-refractivity contribution in [1.82, 2.24) is 4.90 Å². The van der Waals surface area contributed by atoms with Crippen LogP contribution in [-0.4, -0.2) is 37.9 Å². The molecule has 0 spiro atoms. The van der Waals surface area contributed by atoms with Gasteiger partial charge in [0.05, 0.1) is 0 Å². The van der Waals surface area contributed by atoms with Crippen LogP contribution in [0.2, 0.25) is 0 Å². The van der Waals surface area contributed by atoms with E-state index in [-0.39, 0.29) is 40.7 Å². The van der Waals surface area contributed by atoms with Crippen molar-refractivity contribution in [2.75, 3.05) is 13.1 Å². The molecule has 13 heavy (non-hydrogen) atoms. The van der Waals surface area contributed by atoms with Crippen molar-refractivity contribution in [2.45, 2.75) is 25.0 Å². The van der Waals surface area contributed by atoms with Crippen LogP contribution in [0.25, 0.3) is 0 Å². The van der Waals surface area contributed by atoms with Gasteiger partial charge in [-0.3, -0.25) is 9.00 Å². The van der Waals surface area contributed by atoms with Gasteiger partial charge in [0.25, 0.3) is 0 Å². The molecule has 0 aromatic carbocycles. The van der Waals surface area contributed by atoms with Crippen LogP contribution in [0, 0.1) is 0 Å². The van der Waals surface area contributed by atoms with Crippen molar-refractivity contribution >= 4 is 17.0 Å². The number of hydrogen-bond donors (Lipinski definition) is 0. The van der Waals surface area contributed by atoms with Gasteiger partial charge in [-0.1, -0.05) is 11.1 Å². The summed E-state index contributed by atoms with van der Waals surface area (Å²) in [6.07, 6.45) is 1.47. The summed E-state index contributed by atoms with van der Waals surface area (Å²) < 4.78 is 21.2. The van der Waals surface area contributed by atoms with Crippen molar-refractivity contribution in [2.24, 2.45) is 0 Å². The zero-order valence-electron chi connectivity index (χ0n) is 7.99. The predicted molar refractivity (Wildman–Crippen MR) is 44.2 cm³/mol. The van der Waals surface area contributed by atoms with Crippen molar-refractivity contribution < 1.29 is 43.1 Å². The normalized spacial score (nSPS) is 24.8. The Morgan fingerprint density at radius 2 is 2.23 bits per heavy atom. The molecule has 2 unspecified atom stereocenters. The van der Waals surface area contributed by atoms with Gasteiger partial charge >= 0.3 is 29.6 Å². The maximum Gasteiger partial charge on any atom is 1.00 e. The summed E-state index contributed by atoms with van der Waals surface area (Å²) >= 11 is -2.03. The first-order valence-electron chi connectivity index (χ1n) is 3.95. The molecule has 0 aliphatic carbocycles. The third-order valence-electron chi connectivity index (χ3n) is 2.10. The summed E-state index contributed by atoms with van der Waals surface area (Å²) in [6, 6.07) is 0. The molecule has 0 radical (unpaired) electrons. The number of nitrogens with zero attached hydrogens (tertiary/aromatic N) is 1. The molecule has 0 aromatic rings. The molecule has 0 N–H and O–H groups in total. The number of amides is 1. The van der Waals surface area contributed by atoms with Crippen molar-refractivity contribution in [3.05, 3.63) is 0 Å². The topological polar surface area (TPSA) is 60.4 Å². The first-order valence-corrected chi connectivity index (χ1v) is 5.08. The summed E-state index contributed by atoms with van der Waals surface area (Å²) in [5, 5.41) is -0.359. The first kappa shape index (κ1) is 13.6. The van der Waals surface area contributed by atoms with Crippen LogP contribution in [-0.2, 0) is 15.9 Å². The number of likely N-dealkylation sites (tertiary alicyclic amines) is 1. The molecule has 1 aliphatic heterocycles. The second kappa shape index (κ2) is 6.14. The zero-order valence-corrected chi connectivity index (χ0v) is 10.8. The molecule has 6 heteroatoms. The molecule has 1 saturated heterocycles. The Labute approximate surface area is 103 Å². The van der Waals surface area contributed by atoms with E-state index in [0.717, 1.165) is 6.42 Å². The van der Waals surface area contributed by atoms with E-state index >= 15 is 0 Å².